The van der Waals surface area contributed by atoms with Crippen LogP contribution in [0.3, 0.4) is 0 Å². The molecule has 1 heterocycles. The van der Waals surface area contributed by atoms with Gasteiger partial charge in [0.2, 0.25) is 0 Å². The van der Waals surface area contributed by atoms with Crippen LogP contribution in [0.1, 0.15) is 26.2 Å². The Bertz CT molecular complexity index is 587. The van der Waals surface area contributed by atoms with Crippen molar-refractivity contribution in [3.8, 4) is 23.2 Å². The third-order valence-electron chi connectivity index (χ3n) is 2.76. The number of rotatable bonds is 7. The molecule has 0 saturated carbocycles. The molecule has 20 heavy (non-hydrogen) atoms. The predicted molar refractivity (Wildman–Crippen MR) is 73.9 cm³/mol. The van der Waals surface area contributed by atoms with Gasteiger partial charge >= 0.3 is 0 Å². The number of aromatic nitrogens is 4. The van der Waals surface area contributed by atoms with Gasteiger partial charge in [-0.05, 0) is 35.4 Å². The third kappa shape index (κ3) is 3.54. The number of ether oxygens (including phenoxy) is 1. The lowest BCUT2D eigenvalue weighted by molar-refractivity contribution is 0.317. The highest BCUT2D eigenvalue weighted by molar-refractivity contribution is 5.57. The number of aryl methyl sites for hydroxylation is 1. The number of tetrazole rings is 1. The summed E-state index contributed by atoms with van der Waals surface area (Å²) in [4.78, 5) is 0. The average molecular weight is 271 g/mol. The summed E-state index contributed by atoms with van der Waals surface area (Å²) in [6.45, 7) is 3.39. The van der Waals surface area contributed by atoms with E-state index in [0.717, 1.165) is 24.2 Å². The van der Waals surface area contributed by atoms with Gasteiger partial charge in [-0.25, -0.2) is 4.68 Å². The second kappa shape index (κ2) is 7.24. The SMILES string of the molecule is CCCOc1cccc(-c2nnnn2CCCC#N)c1. The second-order valence-electron chi connectivity index (χ2n) is 4.36. The van der Waals surface area contributed by atoms with Gasteiger partial charge in [-0.15, -0.1) is 5.10 Å². The first-order chi connectivity index (χ1) is 9.85. The minimum absolute atomic E-state index is 0.499. The van der Waals surface area contributed by atoms with Gasteiger partial charge in [0.25, 0.3) is 0 Å². The van der Waals surface area contributed by atoms with Crippen molar-refractivity contribution in [2.24, 2.45) is 0 Å². The summed E-state index contributed by atoms with van der Waals surface area (Å²) in [6.07, 6.45) is 2.20. The van der Waals surface area contributed by atoms with Crippen LogP contribution in [0.15, 0.2) is 24.3 Å². The highest BCUT2D eigenvalue weighted by atomic mass is 16.5. The van der Waals surface area contributed by atoms with Crippen LogP contribution in [-0.2, 0) is 6.54 Å². The molecule has 6 nitrogen and oxygen atoms in total. The Balaban J connectivity index is 2.15. The van der Waals surface area contributed by atoms with Crippen molar-refractivity contribution in [3.05, 3.63) is 24.3 Å². The van der Waals surface area contributed by atoms with Gasteiger partial charge in [-0.1, -0.05) is 19.1 Å². The fraction of sp³-hybridized carbons (Fsp3) is 0.429. The van der Waals surface area contributed by atoms with Crippen molar-refractivity contribution in [2.75, 3.05) is 6.61 Å². The van der Waals surface area contributed by atoms with Crippen LogP contribution in [0.25, 0.3) is 11.4 Å². The third-order valence-corrected chi connectivity index (χ3v) is 2.76. The molecule has 1 aromatic carbocycles. The van der Waals surface area contributed by atoms with Gasteiger partial charge in [0.15, 0.2) is 5.82 Å². The van der Waals surface area contributed by atoms with Crippen LogP contribution in [0, 0.1) is 11.3 Å². The van der Waals surface area contributed by atoms with Gasteiger partial charge in [-0.2, -0.15) is 5.26 Å². The van der Waals surface area contributed by atoms with Crippen LogP contribution in [0.4, 0.5) is 0 Å². The summed E-state index contributed by atoms with van der Waals surface area (Å²) in [6, 6.07) is 9.85. The van der Waals surface area contributed by atoms with E-state index in [1.165, 1.54) is 0 Å². The fourth-order valence-electron chi connectivity index (χ4n) is 1.81. The first-order valence-electron chi connectivity index (χ1n) is 6.71. The van der Waals surface area contributed by atoms with Crippen LogP contribution < -0.4 is 4.74 Å². The maximum absolute atomic E-state index is 8.57. The number of hydrogen-bond donors (Lipinski definition) is 0. The van der Waals surface area contributed by atoms with Crippen LogP contribution in [-0.4, -0.2) is 26.8 Å². The molecule has 2 rings (SSSR count). The molecular weight excluding hydrogens is 254 g/mol. The highest BCUT2D eigenvalue weighted by Crippen LogP contribution is 2.22. The van der Waals surface area contributed by atoms with Crippen molar-refractivity contribution in [1.29, 1.82) is 5.26 Å². The van der Waals surface area contributed by atoms with Gasteiger partial charge < -0.3 is 4.74 Å². The Morgan fingerprint density at radius 1 is 1.40 bits per heavy atom. The molecule has 6 heteroatoms. The fourth-order valence-corrected chi connectivity index (χ4v) is 1.81. The smallest absolute Gasteiger partial charge is 0.182 e. The zero-order valence-electron chi connectivity index (χ0n) is 11.5. The molecule has 0 atom stereocenters. The van der Waals surface area contributed by atoms with Gasteiger partial charge in [0.1, 0.15) is 5.75 Å². The molecule has 0 unspecified atom stereocenters. The summed E-state index contributed by atoms with van der Waals surface area (Å²) in [5, 5.41) is 20.3. The molecule has 0 radical (unpaired) electrons. The van der Waals surface area contributed by atoms with E-state index in [4.69, 9.17) is 10.00 Å². The molecule has 104 valence electrons. The number of nitriles is 1. The zero-order chi connectivity index (χ0) is 14.2. The molecule has 0 aliphatic carbocycles. The summed E-state index contributed by atoms with van der Waals surface area (Å²) >= 11 is 0. The lowest BCUT2D eigenvalue weighted by Crippen LogP contribution is -2.03. The molecule has 0 bridgehead atoms. The second-order valence-corrected chi connectivity index (χ2v) is 4.36. The van der Waals surface area contributed by atoms with Gasteiger partial charge in [0, 0.05) is 18.5 Å². The molecule has 0 aliphatic heterocycles. The average Bonchev–Trinajstić information content (AvgIpc) is 2.94. The molecule has 2 aromatic rings. The van der Waals surface area contributed by atoms with Crippen LogP contribution >= 0.6 is 0 Å². The van der Waals surface area contributed by atoms with E-state index in [1.807, 2.05) is 24.3 Å². The van der Waals surface area contributed by atoms with Gasteiger partial charge in [-0.3, -0.25) is 0 Å². The molecule has 0 spiro atoms. The maximum atomic E-state index is 8.57. The Morgan fingerprint density at radius 3 is 3.10 bits per heavy atom. The number of benzene rings is 1. The topological polar surface area (TPSA) is 76.6 Å². The lowest BCUT2D eigenvalue weighted by atomic mass is 10.2. The predicted octanol–water partition coefficient (Wildman–Crippen LogP) is 2.43. The van der Waals surface area contributed by atoms with E-state index in [0.29, 0.717) is 25.4 Å². The van der Waals surface area contributed by atoms with E-state index in [9.17, 15) is 0 Å². The van der Waals surface area contributed by atoms with Gasteiger partial charge in [0.05, 0.1) is 12.7 Å². The number of unbranched alkanes of at least 4 members (excludes halogenated alkanes) is 1. The van der Waals surface area contributed by atoms with E-state index in [1.54, 1.807) is 4.68 Å². The minimum Gasteiger partial charge on any atom is -0.494 e. The van der Waals surface area contributed by atoms with Crippen molar-refractivity contribution in [2.45, 2.75) is 32.7 Å². The Hall–Kier alpha value is -2.42. The monoisotopic (exact) mass is 271 g/mol. The highest BCUT2D eigenvalue weighted by Gasteiger charge is 2.09. The zero-order valence-corrected chi connectivity index (χ0v) is 11.5. The van der Waals surface area contributed by atoms with Crippen molar-refractivity contribution in [3.63, 3.8) is 0 Å². The van der Waals surface area contributed by atoms with E-state index < -0.39 is 0 Å². The lowest BCUT2D eigenvalue weighted by Gasteiger charge is -2.07. The number of nitrogens with zero attached hydrogens (tertiary/aromatic N) is 5. The quantitative estimate of drug-likeness (QED) is 0.723. The largest absolute Gasteiger partial charge is 0.494 e. The first-order valence-corrected chi connectivity index (χ1v) is 6.71. The van der Waals surface area contributed by atoms with Crippen LogP contribution in [0.2, 0.25) is 0 Å². The standard InChI is InChI=1S/C14H17N5O/c1-2-10-20-13-7-5-6-12(11-13)14-16-17-18-19(14)9-4-3-8-15/h5-7,11H,2-4,9-10H2,1H3. The molecule has 0 amide bonds. The maximum Gasteiger partial charge on any atom is 0.182 e. The van der Waals surface area contributed by atoms with E-state index in [2.05, 4.69) is 28.5 Å². The van der Waals surface area contributed by atoms with Crippen molar-refractivity contribution >= 4 is 0 Å². The molecule has 0 N–H and O–H groups in total. The molecular formula is C14H17N5O. The summed E-state index contributed by atoms with van der Waals surface area (Å²) in [5.41, 5.74) is 0.917. The molecule has 0 saturated heterocycles. The molecule has 1 aromatic heterocycles. The van der Waals surface area contributed by atoms with Crippen molar-refractivity contribution in [1.82, 2.24) is 20.2 Å². The van der Waals surface area contributed by atoms with E-state index in [-0.39, 0.29) is 0 Å². The van der Waals surface area contributed by atoms with E-state index >= 15 is 0 Å². The first kappa shape index (κ1) is 14.0. The van der Waals surface area contributed by atoms with Crippen molar-refractivity contribution < 1.29 is 4.74 Å². The molecule has 0 aliphatic rings. The Labute approximate surface area is 118 Å². The summed E-state index contributed by atoms with van der Waals surface area (Å²) in [7, 11) is 0. The normalized spacial score (nSPS) is 10.2. The molecule has 0 fully saturated rings. The minimum atomic E-state index is 0.499. The van der Waals surface area contributed by atoms with Crippen LogP contribution in [0.5, 0.6) is 5.75 Å². The number of hydrogen-bond acceptors (Lipinski definition) is 5. The summed E-state index contributed by atoms with van der Waals surface area (Å²) < 4.78 is 7.33. The Morgan fingerprint density at radius 2 is 2.30 bits per heavy atom. The Kier molecular flexibility index (Phi) is 5.07. The summed E-state index contributed by atoms with van der Waals surface area (Å²) in [5.74, 6) is 1.51.